The number of aliphatic hydroxyl groups is 1. The van der Waals surface area contributed by atoms with E-state index in [4.69, 9.17) is 9.47 Å². The third-order valence-corrected chi connectivity index (χ3v) is 9.17. The van der Waals surface area contributed by atoms with E-state index in [9.17, 15) is 19.5 Å². The van der Waals surface area contributed by atoms with Crippen LogP contribution in [0.15, 0.2) is 79.9 Å². The number of benzene rings is 2. The van der Waals surface area contributed by atoms with E-state index in [0.717, 1.165) is 5.56 Å². The highest BCUT2D eigenvalue weighted by molar-refractivity contribution is 6.05. The van der Waals surface area contributed by atoms with E-state index in [1.54, 1.807) is 58.2 Å². The molecule has 5 rings (SSSR count). The number of nitrogens with zero attached hydrogens (tertiary/aromatic N) is 3. The maximum Gasteiger partial charge on any atom is 0.253 e. The first-order valence-electron chi connectivity index (χ1n) is 14.9. The molecule has 2 unspecified atom stereocenters. The van der Waals surface area contributed by atoms with Gasteiger partial charge in [0.15, 0.2) is 0 Å². The highest BCUT2D eigenvalue weighted by atomic mass is 16.5. The Kier molecular flexibility index (Phi) is 8.76. The smallest absolute Gasteiger partial charge is 0.253 e. The molecule has 9 nitrogen and oxygen atoms in total. The van der Waals surface area contributed by atoms with Crippen LogP contribution in [-0.4, -0.2) is 83.2 Å². The zero-order valence-corrected chi connectivity index (χ0v) is 25.0. The number of methoxy groups -OCH3 is 1. The van der Waals surface area contributed by atoms with Crippen LogP contribution in [-0.2, 0) is 25.7 Å². The number of rotatable bonds is 13. The van der Waals surface area contributed by atoms with Gasteiger partial charge in [-0.1, -0.05) is 42.5 Å². The Labute approximate surface area is 253 Å². The summed E-state index contributed by atoms with van der Waals surface area (Å²) in [6, 6.07) is 15.9. The molecule has 228 valence electrons. The lowest BCUT2D eigenvalue weighted by atomic mass is 9.66. The monoisotopic (exact) mass is 587 g/mol. The molecular formula is C34H41N3O6. The number of likely N-dealkylation sites (tertiary alicyclic amines) is 1. The molecule has 2 aromatic carbocycles. The van der Waals surface area contributed by atoms with E-state index in [2.05, 4.69) is 13.2 Å². The van der Waals surface area contributed by atoms with Crippen molar-refractivity contribution in [3.05, 3.63) is 85.5 Å². The summed E-state index contributed by atoms with van der Waals surface area (Å²) in [5.41, 5.74) is -0.474. The molecular weight excluding hydrogens is 546 g/mol. The van der Waals surface area contributed by atoms with Crippen LogP contribution in [0.2, 0.25) is 0 Å². The summed E-state index contributed by atoms with van der Waals surface area (Å²) in [7, 11) is 1.58. The Bertz CT molecular complexity index is 1360. The first-order chi connectivity index (χ1) is 20.7. The topological polar surface area (TPSA) is 99.6 Å². The number of aliphatic hydroxyl groups excluding tert-OH is 1. The lowest BCUT2D eigenvalue weighted by Gasteiger charge is -2.37. The summed E-state index contributed by atoms with van der Waals surface area (Å²) < 4.78 is 12.1. The average Bonchev–Trinajstić information content (AvgIpc) is 3.59. The normalized spacial score (nSPS) is 27.1. The molecule has 0 aliphatic carbocycles. The first kappa shape index (κ1) is 30.5. The fourth-order valence-electron chi connectivity index (χ4n) is 7.31. The molecule has 3 heterocycles. The molecule has 1 spiro atoms. The van der Waals surface area contributed by atoms with Gasteiger partial charge >= 0.3 is 0 Å². The predicted molar refractivity (Wildman–Crippen MR) is 163 cm³/mol. The molecule has 3 aliphatic heterocycles. The van der Waals surface area contributed by atoms with Crippen molar-refractivity contribution in [3.63, 3.8) is 0 Å². The van der Waals surface area contributed by atoms with Gasteiger partial charge in [-0.25, -0.2) is 0 Å². The van der Waals surface area contributed by atoms with Gasteiger partial charge in [-0.3, -0.25) is 14.4 Å². The second-order valence-electron chi connectivity index (χ2n) is 11.8. The minimum Gasteiger partial charge on any atom is -0.497 e. The second kappa shape index (κ2) is 12.3. The van der Waals surface area contributed by atoms with Crippen LogP contribution >= 0.6 is 0 Å². The number of anilines is 1. The van der Waals surface area contributed by atoms with E-state index in [0.29, 0.717) is 43.8 Å². The molecule has 2 bridgehead atoms. The number of carbonyl (C=O) groups excluding carboxylic acids is 3. The Morgan fingerprint density at radius 3 is 2.40 bits per heavy atom. The Morgan fingerprint density at radius 1 is 1.07 bits per heavy atom. The zero-order chi connectivity index (χ0) is 30.8. The number of fused-ring (bicyclic) bond motifs is 1. The van der Waals surface area contributed by atoms with Gasteiger partial charge in [-0.05, 0) is 56.0 Å². The van der Waals surface area contributed by atoms with Crippen molar-refractivity contribution >= 4 is 23.4 Å². The predicted octanol–water partition coefficient (Wildman–Crippen LogP) is 3.58. The van der Waals surface area contributed by atoms with Gasteiger partial charge in [0.1, 0.15) is 17.4 Å². The van der Waals surface area contributed by atoms with Crippen LogP contribution in [0.1, 0.15) is 31.7 Å². The number of ether oxygens (including phenoxy) is 2. The van der Waals surface area contributed by atoms with E-state index in [-0.39, 0.29) is 37.4 Å². The lowest BCUT2D eigenvalue weighted by molar-refractivity contribution is -0.150. The molecule has 3 aliphatic rings. The second-order valence-corrected chi connectivity index (χ2v) is 11.8. The number of amides is 3. The van der Waals surface area contributed by atoms with Crippen LogP contribution in [0, 0.1) is 11.8 Å². The summed E-state index contributed by atoms with van der Waals surface area (Å²) in [5, 5.41) is 9.68. The molecule has 2 aromatic rings. The molecule has 3 amide bonds. The zero-order valence-electron chi connectivity index (χ0n) is 25.0. The maximum atomic E-state index is 14.6. The van der Waals surface area contributed by atoms with Gasteiger partial charge in [0.05, 0.1) is 24.5 Å². The number of hydrogen-bond acceptors (Lipinski definition) is 6. The molecule has 9 heteroatoms. The van der Waals surface area contributed by atoms with E-state index < -0.39 is 29.1 Å². The Morgan fingerprint density at radius 2 is 1.77 bits per heavy atom. The lowest BCUT2D eigenvalue weighted by Crippen LogP contribution is -2.56. The van der Waals surface area contributed by atoms with Crippen molar-refractivity contribution in [3.8, 4) is 5.75 Å². The van der Waals surface area contributed by atoms with Crippen molar-refractivity contribution in [2.45, 2.75) is 50.0 Å². The molecule has 0 aromatic heterocycles. The minimum atomic E-state index is -1.17. The fourth-order valence-corrected chi connectivity index (χ4v) is 7.31. The summed E-state index contributed by atoms with van der Waals surface area (Å²) in [5.74, 6) is -1.69. The Balaban J connectivity index is 1.54. The summed E-state index contributed by atoms with van der Waals surface area (Å²) in [4.78, 5) is 48.2. The minimum absolute atomic E-state index is 0.137. The van der Waals surface area contributed by atoms with Gasteiger partial charge in [-0.2, -0.15) is 0 Å². The van der Waals surface area contributed by atoms with E-state index in [1.165, 1.54) is 0 Å². The largest absolute Gasteiger partial charge is 0.497 e. The molecule has 0 saturated carbocycles. The van der Waals surface area contributed by atoms with Crippen LogP contribution in [0.4, 0.5) is 5.69 Å². The summed E-state index contributed by atoms with van der Waals surface area (Å²) in [6.45, 7) is 10.6. The molecule has 0 radical (unpaired) electrons. The van der Waals surface area contributed by atoms with Crippen molar-refractivity contribution in [2.24, 2.45) is 11.8 Å². The van der Waals surface area contributed by atoms with E-state index >= 15 is 0 Å². The van der Waals surface area contributed by atoms with Crippen molar-refractivity contribution < 1.29 is 29.0 Å². The Hall–Kier alpha value is -3.95. The van der Waals surface area contributed by atoms with E-state index in [1.807, 2.05) is 37.3 Å². The SMILES string of the molecule is C=CCN(Cc1ccccc1)C(=O)[C@@H]1[C@H]2C(=O)N(CCCO)C(C(=O)N(CC=C)c3ccc(OC)cc3)C23CC[C@@]1(C)O3. The summed E-state index contributed by atoms with van der Waals surface area (Å²) >= 11 is 0. The van der Waals surface area contributed by atoms with Crippen LogP contribution < -0.4 is 9.64 Å². The first-order valence-corrected chi connectivity index (χ1v) is 14.9. The highest BCUT2D eigenvalue weighted by Crippen LogP contribution is 2.63. The molecule has 3 fully saturated rings. The molecule has 43 heavy (non-hydrogen) atoms. The van der Waals surface area contributed by atoms with Crippen molar-refractivity contribution in [1.82, 2.24) is 9.80 Å². The maximum absolute atomic E-state index is 14.6. The summed E-state index contributed by atoms with van der Waals surface area (Å²) in [6.07, 6.45) is 4.64. The van der Waals surface area contributed by atoms with Crippen LogP contribution in [0.25, 0.3) is 0 Å². The van der Waals surface area contributed by atoms with Crippen LogP contribution in [0.3, 0.4) is 0 Å². The average molecular weight is 588 g/mol. The highest BCUT2D eigenvalue weighted by Gasteiger charge is 2.78. The quantitative estimate of drug-likeness (QED) is 0.360. The van der Waals surface area contributed by atoms with Crippen molar-refractivity contribution in [1.29, 1.82) is 0 Å². The third-order valence-electron chi connectivity index (χ3n) is 9.17. The van der Waals surface area contributed by atoms with Gasteiger partial charge in [0.2, 0.25) is 11.8 Å². The van der Waals surface area contributed by atoms with Crippen molar-refractivity contribution in [2.75, 3.05) is 38.3 Å². The van der Waals surface area contributed by atoms with Gasteiger partial charge in [0.25, 0.3) is 5.91 Å². The van der Waals surface area contributed by atoms with Crippen LogP contribution in [0.5, 0.6) is 5.75 Å². The van der Waals surface area contributed by atoms with Gasteiger partial charge in [-0.15, -0.1) is 13.2 Å². The molecule has 1 N–H and O–H groups in total. The standard InChI is InChI=1S/C34H41N3O6/c1-5-19-35(23-24-11-8-7-9-12-24)30(39)27-28-31(40)37(21-10-22-38)29(34(28)18-17-33(27,3)43-34)32(41)36(20-6-2)25-13-15-26(42-4)16-14-25/h5-9,11-16,27-29,38H,1-2,10,17-23H2,3-4H3/t27-,28-,29?,33+,34?/m0/s1. The van der Waals surface area contributed by atoms with Gasteiger partial charge < -0.3 is 29.3 Å². The third kappa shape index (κ3) is 5.25. The number of hydrogen-bond donors (Lipinski definition) is 1. The fraction of sp³-hybridized carbons (Fsp3) is 0.441. The molecule has 5 atom stereocenters. The van der Waals surface area contributed by atoms with Gasteiger partial charge in [0, 0.05) is 38.5 Å². The number of carbonyl (C=O) groups is 3. The molecule has 3 saturated heterocycles.